The van der Waals surface area contributed by atoms with Gasteiger partial charge in [0.05, 0.1) is 23.3 Å². The fraction of sp³-hybridized carbons (Fsp3) is 0.167. The van der Waals surface area contributed by atoms with Gasteiger partial charge in [-0.25, -0.2) is 18.4 Å². The largest absolute Gasteiger partial charge is 0.309 e. The van der Waals surface area contributed by atoms with Crippen molar-refractivity contribution < 1.29 is 8.42 Å². The van der Waals surface area contributed by atoms with E-state index in [9.17, 15) is 13.2 Å². The van der Waals surface area contributed by atoms with E-state index in [1.54, 1.807) is 28.8 Å². The molecule has 0 atom stereocenters. The van der Waals surface area contributed by atoms with E-state index in [0.29, 0.717) is 22.4 Å². The topological polar surface area (TPSA) is 86.3 Å². The number of para-hydroxylation sites is 2. The molecule has 0 bridgehead atoms. The second-order valence-corrected chi connectivity index (χ2v) is 8.10. The first kappa shape index (κ1) is 16.5. The Kier molecular flexibility index (Phi) is 3.66. The van der Waals surface area contributed by atoms with Crippen LogP contribution >= 0.6 is 0 Å². The molecule has 0 unspecified atom stereocenters. The summed E-state index contributed by atoms with van der Waals surface area (Å²) in [6.07, 6.45) is 1.12. The van der Waals surface area contributed by atoms with Gasteiger partial charge < -0.3 is 4.57 Å². The van der Waals surface area contributed by atoms with Gasteiger partial charge in [0.1, 0.15) is 5.65 Å². The van der Waals surface area contributed by atoms with Crippen LogP contribution in [0.2, 0.25) is 0 Å². The molecular weight excluding hydrogens is 352 g/mol. The number of nitrogens with zero attached hydrogens (tertiary/aromatic N) is 4. The van der Waals surface area contributed by atoms with Gasteiger partial charge in [-0.2, -0.15) is 0 Å². The Morgan fingerprint density at radius 1 is 1.04 bits per heavy atom. The van der Waals surface area contributed by atoms with Crippen LogP contribution in [-0.4, -0.2) is 33.6 Å². The van der Waals surface area contributed by atoms with E-state index in [1.807, 2.05) is 25.1 Å². The molecule has 0 saturated heterocycles. The Balaban J connectivity index is 1.93. The summed E-state index contributed by atoms with van der Waals surface area (Å²) >= 11 is 0. The Hall–Kier alpha value is -3.00. The predicted octanol–water partition coefficient (Wildman–Crippen LogP) is 1.80. The lowest BCUT2D eigenvalue weighted by atomic mass is 10.3. The summed E-state index contributed by atoms with van der Waals surface area (Å²) < 4.78 is 27.4. The van der Waals surface area contributed by atoms with E-state index in [2.05, 4.69) is 9.97 Å². The first-order valence-electron chi connectivity index (χ1n) is 7.98. The monoisotopic (exact) mass is 368 g/mol. The van der Waals surface area contributed by atoms with Gasteiger partial charge >= 0.3 is 0 Å². The number of sulfone groups is 1. The van der Waals surface area contributed by atoms with Crippen molar-refractivity contribution in [3.05, 3.63) is 70.3 Å². The second-order valence-electron chi connectivity index (χ2n) is 6.19. The number of pyridine rings is 1. The normalized spacial score (nSPS) is 12.1. The molecule has 8 heteroatoms. The molecule has 1 aromatic carbocycles. The van der Waals surface area contributed by atoms with Gasteiger partial charge in [-0.1, -0.05) is 18.2 Å². The van der Waals surface area contributed by atoms with Crippen molar-refractivity contribution in [2.75, 3.05) is 6.26 Å². The third-order valence-corrected chi connectivity index (χ3v) is 5.18. The molecule has 132 valence electrons. The lowest BCUT2D eigenvalue weighted by molar-refractivity contribution is 0.580. The average molecular weight is 368 g/mol. The quantitative estimate of drug-likeness (QED) is 0.550. The van der Waals surface area contributed by atoms with Gasteiger partial charge in [0.15, 0.2) is 0 Å². The van der Waals surface area contributed by atoms with Gasteiger partial charge in [0, 0.05) is 18.0 Å². The summed E-state index contributed by atoms with van der Waals surface area (Å²) in [5, 5.41) is -0.0371. The summed E-state index contributed by atoms with van der Waals surface area (Å²) in [5.41, 5.74) is 2.86. The fourth-order valence-corrected chi connectivity index (χ4v) is 3.92. The third kappa shape index (κ3) is 2.68. The van der Waals surface area contributed by atoms with E-state index in [1.165, 1.54) is 10.5 Å². The number of aryl methyl sites for hydroxylation is 1. The summed E-state index contributed by atoms with van der Waals surface area (Å²) in [4.78, 5) is 21.2. The van der Waals surface area contributed by atoms with Crippen LogP contribution in [-0.2, 0) is 16.4 Å². The predicted molar refractivity (Wildman–Crippen MR) is 98.1 cm³/mol. The van der Waals surface area contributed by atoms with Crippen LogP contribution in [0.25, 0.3) is 16.7 Å². The van der Waals surface area contributed by atoms with Crippen molar-refractivity contribution in [1.82, 2.24) is 18.9 Å². The van der Waals surface area contributed by atoms with Gasteiger partial charge in [-0.15, -0.1) is 0 Å². The fourth-order valence-electron chi connectivity index (χ4n) is 3.10. The highest BCUT2D eigenvalue weighted by atomic mass is 32.2. The first-order valence-corrected chi connectivity index (χ1v) is 9.87. The van der Waals surface area contributed by atoms with Crippen molar-refractivity contribution >= 4 is 26.5 Å². The molecule has 0 aliphatic heterocycles. The SMILES string of the molecule is Cc1cccc2nc(Cn3c(S(C)(=O)=O)nc4ccccc43)cc(=O)n12. The van der Waals surface area contributed by atoms with E-state index in [4.69, 9.17) is 0 Å². The summed E-state index contributed by atoms with van der Waals surface area (Å²) in [7, 11) is -3.53. The molecule has 0 aliphatic carbocycles. The smallest absolute Gasteiger partial charge is 0.258 e. The molecule has 0 N–H and O–H groups in total. The summed E-state index contributed by atoms with van der Waals surface area (Å²) in [6.45, 7) is 1.98. The second kappa shape index (κ2) is 5.77. The third-order valence-electron chi connectivity index (χ3n) is 4.20. The van der Waals surface area contributed by atoms with Crippen LogP contribution in [0, 0.1) is 6.92 Å². The van der Waals surface area contributed by atoms with E-state index >= 15 is 0 Å². The lowest BCUT2D eigenvalue weighted by Crippen LogP contribution is -2.19. The Labute approximate surface area is 149 Å². The van der Waals surface area contributed by atoms with Crippen molar-refractivity contribution in [2.45, 2.75) is 18.6 Å². The van der Waals surface area contributed by atoms with Crippen molar-refractivity contribution in [2.24, 2.45) is 0 Å². The highest BCUT2D eigenvalue weighted by Gasteiger charge is 2.20. The zero-order chi connectivity index (χ0) is 18.5. The van der Waals surface area contributed by atoms with Crippen LogP contribution in [0.3, 0.4) is 0 Å². The molecular formula is C18H16N4O3S. The Morgan fingerprint density at radius 2 is 1.81 bits per heavy atom. The van der Waals surface area contributed by atoms with E-state index < -0.39 is 9.84 Å². The molecule has 3 aromatic heterocycles. The van der Waals surface area contributed by atoms with Crippen molar-refractivity contribution in [3.8, 4) is 0 Å². The van der Waals surface area contributed by atoms with Crippen LogP contribution in [0.5, 0.6) is 0 Å². The molecule has 3 heterocycles. The van der Waals surface area contributed by atoms with Crippen molar-refractivity contribution in [3.63, 3.8) is 0 Å². The van der Waals surface area contributed by atoms with Gasteiger partial charge in [-0.3, -0.25) is 9.20 Å². The number of rotatable bonds is 3. The van der Waals surface area contributed by atoms with Gasteiger partial charge in [0.2, 0.25) is 15.0 Å². The van der Waals surface area contributed by atoms with E-state index in [0.717, 1.165) is 11.9 Å². The lowest BCUT2D eigenvalue weighted by Gasteiger charge is -2.09. The zero-order valence-electron chi connectivity index (χ0n) is 14.2. The van der Waals surface area contributed by atoms with Crippen LogP contribution in [0.4, 0.5) is 0 Å². The number of fused-ring (bicyclic) bond motifs is 2. The van der Waals surface area contributed by atoms with Crippen LogP contribution in [0.1, 0.15) is 11.4 Å². The Morgan fingerprint density at radius 3 is 2.58 bits per heavy atom. The first-order chi connectivity index (χ1) is 12.3. The highest BCUT2D eigenvalue weighted by molar-refractivity contribution is 7.90. The zero-order valence-corrected chi connectivity index (χ0v) is 15.1. The van der Waals surface area contributed by atoms with Crippen molar-refractivity contribution in [1.29, 1.82) is 0 Å². The number of benzene rings is 1. The molecule has 0 spiro atoms. The summed E-state index contributed by atoms with van der Waals surface area (Å²) in [5.74, 6) is 0. The summed E-state index contributed by atoms with van der Waals surface area (Å²) in [6, 6.07) is 14.0. The molecule has 0 saturated carbocycles. The standard InChI is InChI=1S/C18H16N4O3S/c1-12-6-5-9-16-19-13(10-17(23)22(12)16)11-21-15-8-4-3-7-14(15)20-18(21)26(2,24)25/h3-10H,11H2,1-2H3. The van der Waals surface area contributed by atoms with E-state index in [-0.39, 0.29) is 17.3 Å². The molecule has 7 nitrogen and oxygen atoms in total. The van der Waals surface area contributed by atoms with Gasteiger partial charge in [0.25, 0.3) is 5.56 Å². The molecule has 0 aliphatic rings. The minimum absolute atomic E-state index is 0.0371. The molecule has 0 amide bonds. The number of hydrogen-bond donors (Lipinski definition) is 0. The average Bonchev–Trinajstić information content (AvgIpc) is 2.94. The number of aromatic nitrogens is 4. The molecule has 4 rings (SSSR count). The van der Waals surface area contributed by atoms with Gasteiger partial charge in [-0.05, 0) is 31.2 Å². The molecule has 0 radical (unpaired) electrons. The maximum atomic E-state index is 12.5. The maximum absolute atomic E-state index is 12.5. The highest BCUT2D eigenvalue weighted by Crippen LogP contribution is 2.20. The molecule has 4 aromatic rings. The van der Waals surface area contributed by atoms with Crippen LogP contribution < -0.4 is 5.56 Å². The maximum Gasteiger partial charge on any atom is 0.258 e. The molecule has 26 heavy (non-hydrogen) atoms. The minimum atomic E-state index is -3.53. The number of hydrogen-bond acceptors (Lipinski definition) is 5. The Bertz CT molecular complexity index is 1320. The number of imidazole rings is 1. The van der Waals surface area contributed by atoms with Crippen LogP contribution in [0.15, 0.2) is 58.5 Å². The minimum Gasteiger partial charge on any atom is -0.309 e. The molecule has 0 fully saturated rings.